The van der Waals surface area contributed by atoms with Crippen molar-refractivity contribution in [3.8, 4) is 0 Å². The molecule has 6 heteroatoms. The minimum atomic E-state index is -3.62. The maximum Gasteiger partial charge on any atom is 0.283 e. The van der Waals surface area contributed by atoms with E-state index in [1.165, 1.54) is 23.5 Å². The molecule has 1 aliphatic carbocycles. The first kappa shape index (κ1) is 14.7. The van der Waals surface area contributed by atoms with Gasteiger partial charge >= 0.3 is 0 Å². The number of benzene rings is 1. The van der Waals surface area contributed by atoms with Gasteiger partial charge in [-0.3, -0.25) is 0 Å². The van der Waals surface area contributed by atoms with Crippen LogP contribution in [0.25, 0.3) is 0 Å². The zero-order valence-corrected chi connectivity index (χ0v) is 13.4. The number of thioether (sulfide) groups is 2. The van der Waals surface area contributed by atoms with Gasteiger partial charge in [0, 0.05) is 10.5 Å². The largest absolute Gasteiger partial charge is 0.283 e. The minimum Gasteiger partial charge on any atom is -0.199 e. The van der Waals surface area contributed by atoms with Crippen LogP contribution in [0.15, 0.2) is 76.1 Å². The second-order valence-electron chi connectivity index (χ2n) is 4.46. The lowest BCUT2D eigenvalue weighted by Gasteiger charge is -2.08. The van der Waals surface area contributed by atoms with Gasteiger partial charge in [0.2, 0.25) is 0 Å². The molecule has 0 radical (unpaired) electrons. The van der Waals surface area contributed by atoms with E-state index in [2.05, 4.69) is 16.5 Å². The summed E-state index contributed by atoms with van der Waals surface area (Å²) in [4.78, 5) is 0.232. The van der Waals surface area contributed by atoms with E-state index < -0.39 is 10.0 Å². The smallest absolute Gasteiger partial charge is 0.199 e. The van der Waals surface area contributed by atoms with Crippen LogP contribution in [-0.2, 0) is 10.0 Å². The first-order chi connectivity index (χ1) is 10.1. The lowest BCUT2D eigenvalue weighted by molar-refractivity contribution is 0.598. The number of allylic oxidation sites excluding steroid dienone is 4. The van der Waals surface area contributed by atoms with Crippen molar-refractivity contribution in [3.63, 3.8) is 0 Å². The van der Waals surface area contributed by atoms with Crippen LogP contribution in [-0.4, -0.2) is 23.3 Å². The molecule has 2 aliphatic rings. The van der Waals surface area contributed by atoms with E-state index in [1.54, 1.807) is 30.3 Å². The van der Waals surface area contributed by atoms with Crippen LogP contribution < -0.4 is 0 Å². The molecule has 3 rings (SSSR count). The molecule has 0 N–H and O–H groups in total. The third-order valence-electron chi connectivity index (χ3n) is 2.97. The highest BCUT2D eigenvalue weighted by Crippen LogP contribution is 2.42. The van der Waals surface area contributed by atoms with Crippen molar-refractivity contribution in [1.29, 1.82) is 0 Å². The Kier molecular flexibility index (Phi) is 4.37. The van der Waals surface area contributed by atoms with Gasteiger partial charge in [0.25, 0.3) is 10.0 Å². The maximum absolute atomic E-state index is 12.3. The van der Waals surface area contributed by atoms with Gasteiger partial charge in [-0.25, -0.2) is 0 Å². The van der Waals surface area contributed by atoms with E-state index in [4.69, 9.17) is 0 Å². The number of sulfonamides is 1. The van der Waals surface area contributed by atoms with E-state index in [0.717, 1.165) is 0 Å². The highest BCUT2D eigenvalue weighted by Gasteiger charge is 2.31. The second kappa shape index (κ2) is 6.25. The Morgan fingerprint density at radius 1 is 0.857 bits per heavy atom. The van der Waals surface area contributed by atoms with E-state index >= 15 is 0 Å². The van der Waals surface area contributed by atoms with Crippen molar-refractivity contribution in [2.45, 2.75) is 15.4 Å². The van der Waals surface area contributed by atoms with Crippen LogP contribution in [0.4, 0.5) is 0 Å². The second-order valence-corrected chi connectivity index (χ2v) is 8.66. The van der Waals surface area contributed by atoms with Crippen LogP contribution in [0, 0.1) is 0 Å². The maximum atomic E-state index is 12.3. The molecule has 1 aliphatic heterocycles. The zero-order chi connectivity index (χ0) is 14.7. The Labute approximate surface area is 133 Å². The molecule has 1 saturated heterocycles. The van der Waals surface area contributed by atoms with Crippen LogP contribution in [0.5, 0.6) is 0 Å². The topological polar surface area (TPSA) is 46.5 Å². The molecule has 0 spiro atoms. The van der Waals surface area contributed by atoms with Crippen molar-refractivity contribution < 1.29 is 8.42 Å². The van der Waals surface area contributed by atoms with Gasteiger partial charge in [-0.1, -0.05) is 78.2 Å². The summed E-state index contributed by atoms with van der Waals surface area (Å²) in [5.74, 6) is 0. The summed E-state index contributed by atoms with van der Waals surface area (Å²) in [7, 11) is -3.62. The SMILES string of the molecule is O=S(=O)(N=C1S[C@H]2/C=C\C=C/C=C[C@H]2S1)c1ccccc1. The van der Waals surface area contributed by atoms with Gasteiger partial charge in [-0.05, 0) is 12.1 Å². The van der Waals surface area contributed by atoms with Crippen molar-refractivity contribution in [1.82, 2.24) is 0 Å². The summed E-state index contributed by atoms with van der Waals surface area (Å²) < 4.78 is 29.1. The zero-order valence-electron chi connectivity index (χ0n) is 11.0. The summed E-state index contributed by atoms with van der Waals surface area (Å²) in [5.41, 5.74) is 0. The van der Waals surface area contributed by atoms with E-state index in [1.807, 2.05) is 24.3 Å². The number of hydrogen-bond acceptors (Lipinski definition) is 4. The van der Waals surface area contributed by atoms with Crippen LogP contribution in [0.1, 0.15) is 0 Å². The quantitative estimate of drug-likeness (QED) is 0.828. The Morgan fingerprint density at radius 3 is 2.00 bits per heavy atom. The number of rotatable bonds is 2. The Bertz CT molecular complexity index is 707. The van der Waals surface area contributed by atoms with Gasteiger partial charge in [-0.15, -0.1) is 4.40 Å². The normalized spacial score (nSPS) is 29.6. The third kappa shape index (κ3) is 3.51. The van der Waals surface area contributed by atoms with Gasteiger partial charge < -0.3 is 0 Å². The fraction of sp³-hybridized carbons (Fsp3) is 0.133. The van der Waals surface area contributed by atoms with Gasteiger partial charge in [0.05, 0.1) is 4.90 Å². The fourth-order valence-electron chi connectivity index (χ4n) is 1.95. The molecule has 1 fully saturated rings. The summed E-state index contributed by atoms with van der Waals surface area (Å²) in [5, 5.41) is 0.446. The molecule has 0 amide bonds. The van der Waals surface area contributed by atoms with E-state index in [-0.39, 0.29) is 15.4 Å². The summed E-state index contributed by atoms with van der Waals surface area (Å²) >= 11 is 3.00. The Morgan fingerprint density at radius 2 is 1.43 bits per heavy atom. The molecule has 1 heterocycles. The number of hydrogen-bond donors (Lipinski definition) is 0. The third-order valence-corrected chi connectivity index (χ3v) is 7.27. The molecular weight excluding hydrogens is 322 g/mol. The van der Waals surface area contributed by atoms with Gasteiger partial charge in [-0.2, -0.15) is 8.42 Å². The first-order valence-corrected chi connectivity index (χ1v) is 9.60. The summed E-state index contributed by atoms with van der Waals surface area (Å²) in [6.45, 7) is 0. The number of fused-ring (bicyclic) bond motifs is 1. The average molecular weight is 335 g/mol. The molecule has 3 nitrogen and oxygen atoms in total. The summed E-state index contributed by atoms with van der Waals surface area (Å²) in [6.07, 6.45) is 12.1. The molecular formula is C15H13NO2S3. The highest BCUT2D eigenvalue weighted by molar-refractivity contribution is 8.42. The Hall–Kier alpha value is -1.24. The lowest BCUT2D eigenvalue weighted by Crippen LogP contribution is -2.09. The monoisotopic (exact) mass is 335 g/mol. The predicted octanol–water partition coefficient (Wildman–Crippen LogP) is 3.63. The van der Waals surface area contributed by atoms with Gasteiger partial charge in [0.1, 0.15) is 4.38 Å². The van der Waals surface area contributed by atoms with E-state index in [0.29, 0.717) is 4.38 Å². The van der Waals surface area contributed by atoms with Crippen molar-refractivity contribution in [2.24, 2.45) is 4.40 Å². The van der Waals surface area contributed by atoms with Crippen LogP contribution >= 0.6 is 23.5 Å². The van der Waals surface area contributed by atoms with Crippen LogP contribution in [0.2, 0.25) is 0 Å². The molecule has 0 saturated carbocycles. The lowest BCUT2D eigenvalue weighted by atomic mass is 10.2. The summed E-state index contributed by atoms with van der Waals surface area (Å²) in [6, 6.07) is 8.32. The fourth-order valence-corrected chi connectivity index (χ4v) is 6.17. The molecule has 1 aromatic carbocycles. The molecule has 0 aromatic heterocycles. The van der Waals surface area contributed by atoms with Gasteiger partial charge in [0.15, 0.2) is 0 Å². The predicted molar refractivity (Wildman–Crippen MR) is 91.2 cm³/mol. The van der Waals surface area contributed by atoms with Crippen LogP contribution in [0.3, 0.4) is 0 Å². The highest BCUT2D eigenvalue weighted by atomic mass is 32.2. The standard InChI is InChI=1S/C15H13NO2S3/c17-21(18,12-8-4-3-5-9-12)16-15-19-13-10-6-1-2-7-11-14(13)20-15/h1-11,13-14H/b2-1-,10-6-,11-7?,16-15?/t13-,14+/m0/s1. The minimum absolute atomic E-state index is 0.223. The molecule has 108 valence electrons. The van der Waals surface area contributed by atoms with Crippen molar-refractivity contribution in [2.75, 3.05) is 0 Å². The molecule has 1 aromatic rings. The molecule has 21 heavy (non-hydrogen) atoms. The van der Waals surface area contributed by atoms with Crippen molar-refractivity contribution in [3.05, 3.63) is 66.8 Å². The average Bonchev–Trinajstić information content (AvgIpc) is 2.80. The molecule has 0 unspecified atom stereocenters. The van der Waals surface area contributed by atoms with Crippen molar-refractivity contribution >= 4 is 37.9 Å². The Balaban J connectivity index is 1.86. The first-order valence-electron chi connectivity index (χ1n) is 6.40. The molecule has 0 bridgehead atoms. The number of nitrogens with zero attached hydrogens (tertiary/aromatic N) is 1. The van der Waals surface area contributed by atoms with E-state index in [9.17, 15) is 8.42 Å². The molecule has 2 atom stereocenters.